The summed E-state index contributed by atoms with van der Waals surface area (Å²) in [5.74, 6) is 0.454. The molecule has 0 heterocycles. The maximum Gasteiger partial charge on any atom is 0.167 e. The lowest BCUT2D eigenvalue weighted by Crippen LogP contribution is -2.18. The summed E-state index contributed by atoms with van der Waals surface area (Å²) in [6, 6.07) is 13.7. The maximum atomic E-state index is 13.7. The van der Waals surface area contributed by atoms with Gasteiger partial charge in [0.05, 0.1) is 7.11 Å². The zero-order chi connectivity index (χ0) is 14.7. The molecule has 0 aliphatic heterocycles. The van der Waals surface area contributed by atoms with Crippen LogP contribution in [0.2, 0.25) is 0 Å². The largest absolute Gasteiger partial charge is 0.494 e. The van der Waals surface area contributed by atoms with Gasteiger partial charge in [0.15, 0.2) is 11.6 Å². The first-order chi connectivity index (χ1) is 10.3. The molecule has 3 rings (SSSR count). The van der Waals surface area contributed by atoms with Gasteiger partial charge in [-0.1, -0.05) is 24.3 Å². The second kappa shape index (κ2) is 6.17. The molecule has 0 radical (unpaired) electrons. The van der Waals surface area contributed by atoms with Crippen LogP contribution in [0.25, 0.3) is 0 Å². The highest BCUT2D eigenvalue weighted by Crippen LogP contribution is 2.31. The highest BCUT2D eigenvalue weighted by Gasteiger charge is 2.19. The second-order valence-corrected chi connectivity index (χ2v) is 5.52. The van der Waals surface area contributed by atoms with E-state index in [9.17, 15) is 4.39 Å². The van der Waals surface area contributed by atoms with Gasteiger partial charge in [0, 0.05) is 24.2 Å². The van der Waals surface area contributed by atoms with Crippen molar-refractivity contribution in [2.24, 2.45) is 0 Å². The Hall–Kier alpha value is -2.03. The van der Waals surface area contributed by atoms with Crippen LogP contribution < -0.4 is 10.1 Å². The minimum Gasteiger partial charge on any atom is -0.494 e. The summed E-state index contributed by atoms with van der Waals surface area (Å²) < 4.78 is 18.6. The molecule has 0 amide bonds. The molecule has 0 bridgehead atoms. The van der Waals surface area contributed by atoms with E-state index >= 15 is 0 Å². The smallest absolute Gasteiger partial charge is 0.167 e. The monoisotopic (exact) mass is 285 g/mol. The van der Waals surface area contributed by atoms with E-state index in [1.807, 2.05) is 6.07 Å². The van der Waals surface area contributed by atoms with Crippen LogP contribution in [-0.4, -0.2) is 13.7 Å². The van der Waals surface area contributed by atoms with Crippen molar-refractivity contribution in [3.63, 3.8) is 0 Å². The highest BCUT2D eigenvalue weighted by molar-refractivity contribution is 5.48. The Morgan fingerprint density at radius 3 is 2.90 bits per heavy atom. The Kier molecular flexibility index (Phi) is 4.09. The van der Waals surface area contributed by atoms with Crippen molar-refractivity contribution >= 4 is 5.69 Å². The SMILES string of the molecule is COc1ccc(NCC2CCCc3ccccc32)cc1F. The van der Waals surface area contributed by atoms with Gasteiger partial charge in [-0.25, -0.2) is 4.39 Å². The predicted molar refractivity (Wildman–Crippen MR) is 83.6 cm³/mol. The molecule has 0 aromatic heterocycles. The van der Waals surface area contributed by atoms with Crippen LogP contribution in [0.3, 0.4) is 0 Å². The number of halogens is 1. The van der Waals surface area contributed by atoms with Crippen molar-refractivity contribution in [2.75, 3.05) is 19.0 Å². The van der Waals surface area contributed by atoms with Crippen molar-refractivity contribution in [3.8, 4) is 5.75 Å². The van der Waals surface area contributed by atoms with Gasteiger partial charge in [-0.05, 0) is 42.5 Å². The first kappa shape index (κ1) is 13.9. The molecule has 0 saturated carbocycles. The number of benzene rings is 2. The zero-order valence-corrected chi connectivity index (χ0v) is 12.2. The Bertz CT molecular complexity index is 626. The minimum absolute atomic E-state index is 0.281. The predicted octanol–water partition coefficient (Wildman–Crippen LogP) is 4.37. The first-order valence-electron chi connectivity index (χ1n) is 7.43. The molecule has 1 N–H and O–H groups in total. The van der Waals surface area contributed by atoms with Crippen molar-refractivity contribution in [2.45, 2.75) is 25.2 Å². The van der Waals surface area contributed by atoms with Crippen molar-refractivity contribution in [3.05, 3.63) is 59.4 Å². The second-order valence-electron chi connectivity index (χ2n) is 5.52. The lowest BCUT2D eigenvalue weighted by molar-refractivity contribution is 0.386. The number of fused-ring (bicyclic) bond motifs is 1. The number of methoxy groups -OCH3 is 1. The highest BCUT2D eigenvalue weighted by atomic mass is 19.1. The van der Waals surface area contributed by atoms with Crippen LogP contribution in [0.4, 0.5) is 10.1 Å². The molecule has 2 aromatic carbocycles. The van der Waals surface area contributed by atoms with E-state index in [1.54, 1.807) is 6.07 Å². The number of hydrogen-bond donors (Lipinski definition) is 1. The fraction of sp³-hybridized carbons (Fsp3) is 0.333. The summed E-state index contributed by atoms with van der Waals surface area (Å²) in [5, 5.41) is 3.35. The number of nitrogens with one attached hydrogen (secondary N) is 1. The summed E-state index contributed by atoms with van der Waals surface area (Å²) in [4.78, 5) is 0. The molecule has 0 fully saturated rings. The van der Waals surface area contributed by atoms with Crippen molar-refractivity contribution in [1.82, 2.24) is 0 Å². The van der Waals surface area contributed by atoms with Crippen LogP contribution in [0.5, 0.6) is 5.75 Å². The number of rotatable bonds is 4. The van der Waals surface area contributed by atoms with Crippen LogP contribution in [0.1, 0.15) is 29.9 Å². The Morgan fingerprint density at radius 2 is 2.10 bits per heavy atom. The zero-order valence-electron chi connectivity index (χ0n) is 12.2. The maximum absolute atomic E-state index is 13.7. The van der Waals surface area contributed by atoms with Gasteiger partial charge >= 0.3 is 0 Å². The minimum atomic E-state index is -0.327. The molecule has 1 aliphatic carbocycles. The Balaban J connectivity index is 1.70. The van der Waals surface area contributed by atoms with Crippen LogP contribution in [0, 0.1) is 5.82 Å². The quantitative estimate of drug-likeness (QED) is 0.901. The van der Waals surface area contributed by atoms with Crippen LogP contribution in [-0.2, 0) is 6.42 Å². The molecule has 2 nitrogen and oxygen atoms in total. The number of ether oxygens (including phenoxy) is 1. The number of aryl methyl sites for hydroxylation is 1. The van der Waals surface area contributed by atoms with Gasteiger partial charge in [-0.2, -0.15) is 0 Å². The third-order valence-electron chi connectivity index (χ3n) is 4.20. The van der Waals surface area contributed by atoms with Gasteiger partial charge in [0.25, 0.3) is 0 Å². The molecular weight excluding hydrogens is 265 g/mol. The summed E-state index contributed by atoms with van der Waals surface area (Å²) in [6.07, 6.45) is 3.58. The summed E-state index contributed by atoms with van der Waals surface area (Å²) in [7, 11) is 1.48. The van der Waals surface area contributed by atoms with E-state index in [4.69, 9.17) is 4.74 Å². The van der Waals surface area contributed by atoms with Crippen molar-refractivity contribution in [1.29, 1.82) is 0 Å². The molecule has 0 spiro atoms. The third-order valence-corrected chi connectivity index (χ3v) is 4.20. The van der Waals surface area contributed by atoms with Gasteiger partial charge in [0.2, 0.25) is 0 Å². The standard InChI is InChI=1S/C18H20FNO/c1-21-18-10-9-15(11-17(18)19)20-12-14-7-4-6-13-5-2-3-8-16(13)14/h2-3,5,8-11,14,20H,4,6-7,12H2,1H3. The first-order valence-corrected chi connectivity index (χ1v) is 7.43. The van der Waals surface area contributed by atoms with Crippen LogP contribution >= 0.6 is 0 Å². The lowest BCUT2D eigenvalue weighted by atomic mass is 9.83. The fourth-order valence-electron chi connectivity index (χ4n) is 3.08. The molecule has 1 aliphatic rings. The summed E-state index contributed by atoms with van der Waals surface area (Å²) >= 11 is 0. The van der Waals surface area contributed by atoms with Gasteiger partial charge in [-0.15, -0.1) is 0 Å². The fourth-order valence-corrected chi connectivity index (χ4v) is 3.08. The van der Waals surface area contributed by atoms with Gasteiger partial charge in [-0.3, -0.25) is 0 Å². The lowest BCUT2D eigenvalue weighted by Gasteiger charge is -2.26. The van der Waals surface area contributed by atoms with E-state index in [1.165, 1.54) is 43.6 Å². The Labute approximate surface area is 125 Å². The molecule has 1 atom stereocenters. The average Bonchev–Trinajstić information content (AvgIpc) is 2.53. The molecule has 1 unspecified atom stereocenters. The van der Waals surface area contributed by atoms with Gasteiger partial charge < -0.3 is 10.1 Å². The van der Waals surface area contributed by atoms with Crippen molar-refractivity contribution < 1.29 is 9.13 Å². The van der Waals surface area contributed by atoms with E-state index in [0.717, 1.165) is 12.2 Å². The van der Waals surface area contributed by atoms with Crippen LogP contribution in [0.15, 0.2) is 42.5 Å². The van der Waals surface area contributed by atoms with E-state index in [0.29, 0.717) is 5.92 Å². The number of hydrogen-bond acceptors (Lipinski definition) is 2. The summed E-state index contributed by atoms with van der Waals surface area (Å²) in [5.41, 5.74) is 3.69. The molecule has 2 aromatic rings. The normalized spacial score (nSPS) is 17.1. The van der Waals surface area contributed by atoms with Gasteiger partial charge in [0.1, 0.15) is 0 Å². The molecule has 3 heteroatoms. The molecule has 110 valence electrons. The van der Waals surface area contributed by atoms with E-state index in [2.05, 4.69) is 29.6 Å². The molecular formula is C18H20FNO. The summed E-state index contributed by atoms with van der Waals surface area (Å²) in [6.45, 7) is 0.836. The topological polar surface area (TPSA) is 21.3 Å². The average molecular weight is 285 g/mol. The Morgan fingerprint density at radius 1 is 1.24 bits per heavy atom. The molecule has 0 saturated heterocycles. The third kappa shape index (κ3) is 3.02. The molecule has 21 heavy (non-hydrogen) atoms. The van der Waals surface area contributed by atoms with E-state index in [-0.39, 0.29) is 11.6 Å². The van der Waals surface area contributed by atoms with E-state index < -0.39 is 0 Å². The number of anilines is 1.